The molecular weight excluding hydrogens is 3580 g/mol. The molecule has 0 saturated carbocycles. The summed E-state index contributed by atoms with van der Waals surface area (Å²) in [4.78, 5) is 64.1. The first-order valence-electron chi connectivity index (χ1n) is 24.3. The van der Waals surface area contributed by atoms with Gasteiger partial charge in [0.25, 0.3) is 17.7 Å². The number of nitrogens with zero attached hydrogens (tertiary/aromatic N) is 7. The number of nitrogens with one attached hydrogen (secondary N) is 3. The van der Waals surface area contributed by atoms with Crippen molar-refractivity contribution in [3.63, 3.8) is 0 Å². The Morgan fingerprint density at radius 3 is 0.905 bits per heavy atom. The average molecular weight is 3680 g/mol. The molecule has 0 bridgehead atoms. The molecule has 3 unspecified atom stereocenters. The Kier molecular flexibility index (Phi) is 299. The van der Waals surface area contributed by atoms with Crippen molar-refractivity contribution in [3.8, 4) is 5.69 Å². The van der Waals surface area contributed by atoms with Crippen molar-refractivity contribution >= 4 is 56.3 Å². The van der Waals surface area contributed by atoms with Gasteiger partial charge >= 0.3 is 0 Å². The van der Waals surface area contributed by atoms with E-state index in [0.717, 1.165) is 28.2 Å². The third-order valence-corrected chi connectivity index (χ3v) is 16.7. The Morgan fingerprint density at radius 1 is 0.353 bits per heavy atom. The molecule has 0 aliphatic carbocycles. The summed E-state index contributed by atoms with van der Waals surface area (Å²) in [5.41, 5.74) is 6.80. The molecule has 27 radical (unpaired) electrons. The molecule has 116 heavy (non-hydrogen) atoms. The van der Waals surface area contributed by atoms with E-state index in [1.807, 2.05) is 109 Å². The number of carbonyl (C=O) groups excluding carboxylic acids is 3. The van der Waals surface area contributed by atoms with Gasteiger partial charge in [0.15, 0.2) is 17.1 Å². The first kappa shape index (κ1) is 239. The number of imidazole rings is 1. The van der Waals surface area contributed by atoms with Crippen molar-refractivity contribution in [2.45, 2.75) is 25.4 Å². The van der Waals surface area contributed by atoms with Gasteiger partial charge in [-0.2, -0.15) is 0 Å². The zero-order valence-electron chi connectivity index (χ0n) is 71.2. The average Bonchev–Trinajstić information content (AvgIpc) is 1.13. The fourth-order valence-corrected chi connectivity index (χ4v) is 12.0. The van der Waals surface area contributed by atoms with Crippen LogP contribution < -0.4 is 16.0 Å². The van der Waals surface area contributed by atoms with E-state index in [2.05, 4.69) is 46.4 Å². The second kappa shape index (κ2) is 145. The van der Waals surface area contributed by atoms with Crippen LogP contribution in [0.4, 0.5) is 0 Å². The van der Waals surface area contributed by atoms with Crippen molar-refractivity contribution < 1.29 is 926 Å². The van der Waals surface area contributed by atoms with Crippen LogP contribution in [-0.2, 0) is 944 Å². The Bertz CT molecular complexity index is 3350. The molecule has 0 spiro atoms. The van der Waals surface area contributed by atoms with Crippen LogP contribution in [0, 0.1) is 88.6 Å². The van der Waals surface area contributed by atoms with Crippen LogP contribution in [0.3, 0.4) is 0 Å². The van der Waals surface area contributed by atoms with Crippen LogP contribution in [0.25, 0.3) is 5.69 Å². The van der Waals surface area contributed by atoms with Gasteiger partial charge in [0, 0.05) is 960 Å². The third-order valence-electron chi connectivity index (χ3n) is 11.2. The molecule has 49 heteroatoms. The number of rotatable bonds is 22. The van der Waals surface area contributed by atoms with Gasteiger partial charge in [-0.25, -0.2) is 4.98 Å². The zero-order valence-corrected chi connectivity index (χ0v) is 151. The SMILES string of the molecule is CO/N=C(\C(=O)NCP(C)(=O)Cc1ccc(-n2ccnc2)cc1)c1ccccc1.CO/N=C(\C(=O)NCP(C)(=O)Cc1ccccn1)c1ccccc1.CO/N=C(\C(=O)NCP(C)(=O)Cc1cccnc1C)c1ccccc1.[CH3-].[CH3-].[CH3-].[CH3-].[CH3-].[CH3-].[CH3-].[CH3-].[CH3-].[CH3-].[CH3-].[Y].[Y].[Y].[Y].[Y].[Y].[Y].[Y].[Y].[Y].[Y].[Y].[Y].[Y].[Y].[Y].[Y].[Y].[Y].[Y].[Y].[Y].[Y].[Y].[Y].[Y].[Y]. The maximum absolute atomic E-state index is 13.0. The van der Waals surface area contributed by atoms with Crippen LogP contribution >= 0.6 is 21.4 Å². The van der Waals surface area contributed by atoms with E-state index in [0.29, 0.717) is 35.2 Å². The summed E-state index contributed by atoms with van der Waals surface area (Å²) in [7, 11) is -3.72. The predicted octanol–water partition coefficient (Wildman–Crippen LogP) is 14.1. The van der Waals surface area contributed by atoms with Gasteiger partial charge in [-0.05, 0) is 68.4 Å². The molecule has 0 saturated heterocycles. The largest absolute Gasteiger partial charge is 0.398 e. The number of aromatic nitrogens is 4. The van der Waals surface area contributed by atoms with E-state index in [4.69, 9.17) is 14.5 Å². The topological polar surface area (TPSA) is 247 Å². The molecule has 0 aliphatic heterocycles. The Morgan fingerprint density at radius 2 is 0.638 bits per heavy atom. The molecule has 0 aliphatic rings. The van der Waals surface area contributed by atoms with Gasteiger partial charge in [-0.1, -0.05) is 131 Å². The summed E-state index contributed by atoms with van der Waals surface area (Å²) < 4.78 is 40.4. The Balaban J connectivity index is -0.0000000234. The first-order chi connectivity index (χ1) is 37.4. The first-order valence-corrected chi connectivity index (χ1v) is 31.9. The van der Waals surface area contributed by atoms with E-state index in [1.165, 1.54) is 21.3 Å². The maximum Gasteiger partial charge on any atom is 0.274 e. The second-order valence-electron chi connectivity index (χ2n) is 18.0. The molecule has 577 valence electrons. The summed E-state index contributed by atoms with van der Waals surface area (Å²) >= 11 is 0. The van der Waals surface area contributed by atoms with E-state index < -0.39 is 39.1 Å². The minimum absolute atomic E-state index is 0. The molecule has 3 aromatic heterocycles. The van der Waals surface area contributed by atoms with Gasteiger partial charge in [0.05, 0.1) is 25.2 Å². The predicted molar refractivity (Wildman–Crippen MR) is 378 cm³/mol. The number of carbonyl (C=O) groups is 3. The Hall–Kier alpha value is 21.7. The van der Waals surface area contributed by atoms with Crippen LogP contribution in [0.5, 0.6) is 0 Å². The number of hydrogen-bond acceptors (Lipinski definition) is 15. The van der Waals surface area contributed by atoms with Crippen molar-refractivity contribution in [2.75, 3.05) is 60.2 Å². The number of aryl methyl sites for hydroxylation is 1. The smallest absolute Gasteiger partial charge is 0.274 e. The standard InChI is InChI=1S/C21H23N4O3P.C18H22N3O3P.C17H20N3O3P.11CH3.27Y/c1-28-24-20(18-6-4-3-5-7-18)21(26)23-16-29(2,27)14-17-8-10-19(11-9-17)25-13-12-22-15-25;1-14-16(10-7-11-19-14)12-25(3,23)13-20-18(22)17(21-24-2)15-8-5-4-6-9-15;1-23-20-16(14-8-4-3-5-9-14)17(21)19-13-24(2,22)12-15-10-6-7-11-18-15;;;;;;;;;;;;;;;;;;;;;;;;;;;;;;;;;;;;;;/h3-13,15H,14,16H2,1-2H3,(H,23,26);4-11H,12-13H2,1-3H3,(H,20,22);3-11H,12-13H2,1-2H3,(H,19,21);11*1H3;;;;;;;;;;;;;;;;;;;;;;;;;;;/q;;;11*-1;;;;;;;;;;;;;;;;;;;;;;;;;;;/b24-20-;21-17-;20-16-;;;;;;;;;;;;;;;;;;;;;;;;;;;;;;;;;;;;;;. The van der Waals surface area contributed by atoms with Crippen molar-refractivity contribution in [1.82, 2.24) is 35.5 Å². The van der Waals surface area contributed by atoms with E-state index in [9.17, 15) is 28.1 Å². The van der Waals surface area contributed by atoms with Crippen LogP contribution in [0.2, 0.25) is 0 Å². The minimum Gasteiger partial charge on any atom is -0.398 e. The van der Waals surface area contributed by atoms with Gasteiger partial charge < -0.3 is 130 Å². The quantitative estimate of drug-likeness (QED) is 0.0248. The zero-order chi connectivity index (χ0) is 56.4. The monoisotopic (exact) mass is 3680 g/mol. The molecule has 7 aromatic rings. The molecule has 4 aromatic carbocycles. The van der Waals surface area contributed by atoms with Crippen LogP contribution in [-0.4, -0.2) is 115 Å². The molecule has 0 fully saturated rings. The summed E-state index contributed by atoms with van der Waals surface area (Å²) in [5.74, 6) is -1.26. The van der Waals surface area contributed by atoms with Gasteiger partial charge in [0.2, 0.25) is 0 Å². The molecule has 3 heterocycles. The van der Waals surface area contributed by atoms with Crippen LogP contribution in [0.1, 0.15) is 39.2 Å². The molecule has 19 nitrogen and oxygen atoms in total. The minimum atomic E-state index is -2.64. The fraction of sp³-hybridized carbons (Fsp3) is 0.194. The van der Waals surface area contributed by atoms with Gasteiger partial charge in [-0.15, -0.1) is 0 Å². The molecular formula is C67H98N10O9P3Y27-11. The maximum atomic E-state index is 13.0. The molecule has 3 amide bonds. The fourth-order valence-electron chi connectivity index (χ4n) is 7.32. The van der Waals surface area contributed by atoms with Crippen LogP contribution in [0.15, 0.2) is 192 Å². The summed E-state index contributed by atoms with van der Waals surface area (Å²) in [6.07, 6.45) is 9.99. The number of pyridine rings is 2. The third kappa shape index (κ3) is 107. The number of benzene rings is 4. The number of amides is 3. The van der Waals surface area contributed by atoms with Crippen molar-refractivity contribution in [1.29, 1.82) is 0 Å². The molecule has 3 atom stereocenters. The van der Waals surface area contributed by atoms with E-state index >= 15 is 0 Å². The summed E-state index contributed by atoms with van der Waals surface area (Å²) in [6.45, 7) is 6.90. The number of oxime groups is 3. The van der Waals surface area contributed by atoms with E-state index in [-0.39, 0.29) is 1000 Å². The van der Waals surface area contributed by atoms with Crippen molar-refractivity contribution in [2.24, 2.45) is 15.5 Å². The normalized spacial score (nSPS) is 9.22. The second-order valence-corrected chi connectivity index (χ2v) is 27.7. The number of hydrogen-bond donors (Lipinski definition) is 3. The summed E-state index contributed by atoms with van der Waals surface area (Å²) in [6, 6.07) is 44.0. The Labute approximate surface area is 1380 Å². The molecule has 3 N–H and O–H groups in total. The van der Waals surface area contributed by atoms with Gasteiger partial charge in [-0.3, -0.25) is 24.4 Å². The van der Waals surface area contributed by atoms with E-state index in [1.54, 1.807) is 99.5 Å². The molecule has 7 rings (SSSR count). The van der Waals surface area contributed by atoms with Gasteiger partial charge in [0.1, 0.15) is 42.8 Å². The van der Waals surface area contributed by atoms with Crippen molar-refractivity contribution in [3.05, 3.63) is 298 Å². The summed E-state index contributed by atoms with van der Waals surface area (Å²) in [5, 5.41) is 19.5.